The molecule has 0 bridgehead atoms. The molecule has 0 saturated carbocycles. The standard InChI is InChI=1S/C30H29F5O2/c1-3-4-15-36-26-14-13-24(29(34)30(26)35)20-9-12-23(25(31)16-20)19-7-10-22(11-8-19)37-17-21-6-5-18(2)27(32)28(21)33/h5-7,9,12-14,16,22H,3-4,8,10-11,15,17H2,1-2H3. The summed E-state index contributed by atoms with van der Waals surface area (Å²) in [6.07, 6.45) is 4.86. The molecule has 0 radical (unpaired) electrons. The number of allylic oxidation sites excluding steroid dienone is 1. The summed E-state index contributed by atoms with van der Waals surface area (Å²) < 4.78 is 83.1. The van der Waals surface area contributed by atoms with Crippen LogP contribution in [0, 0.1) is 36.0 Å². The summed E-state index contributed by atoms with van der Waals surface area (Å²) in [6, 6.07) is 10.1. The molecule has 2 nitrogen and oxygen atoms in total. The summed E-state index contributed by atoms with van der Waals surface area (Å²) in [5, 5.41) is 0. The van der Waals surface area contributed by atoms with E-state index in [1.165, 1.54) is 37.3 Å². The number of halogens is 5. The number of unbranched alkanes of at least 4 members (excludes halogenated alkanes) is 1. The molecule has 1 aliphatic rings. The second-order valence-corrected chi connectivity index (χ2v) is 9.24. The SMILES string of the molecule is CCCCOc1ccc(-c2ccc(C3=CCC(OCc4ccc(C)c(F)c4F)CC3)c(F)c2)c(F)c1F. The summed E-state index contributed by atoms with van der Waals surface area (Å²) in [7, 11) is 0. The lowest BCUT2D eigenvalue weighted by Gasteiger charge is -2.23. The maximum absolute atomic E-state index is 15.0. The Balaban J connectivity index is 1.42. The van der Waals surface area contributed by atoms with Gasteiger partial charge in [-0.1, -0.05) is 43.7 Å². The van der Waals surface area contributed by atoms with Gasteiger partial charge in [0.05, 0.1) is 19.3 Å². The molecule has 0 N–H and O–H groups in total. The minimum absolute atomic E-state index is 0.0448. The zero-order valence-corrected chi connectivity index (χ0v) is 20.9. The predicted molar refractivity (Wildman–Crippen MR) is 134 cm³/mol. The Kier molecular flexibility index (Phi) is 8.64. The van der Waals surface area contributed by atoms with Gasteiger partial charge in [0, 0.05) is 16.7 Å². The molecule has 0 heterocycles. The molecule has 37 heavy (non-hydrogen) atoms. The fourth-order valence-electron chi connectivity index (χ4n) is 4.35. The van der Waals surface area contributed by atoms with Crippen molar-refractivity contribution in [1.29, 1.82) is 0 Å². The van der Waals surface area contributed by atoms with Crippen LogP contribution in [0.1, 0.15) is 55.7 Å². The van der Waals surface area contributed by atoms with Gasteiger partial charge in [-0.25, -0.2) is 17.6 Å². The molecule has 4 rings (SSSR count). The average molecular weight is 517 g/mol. The highest BCUT2D eigenvalue weighted by molar-refractivity contribution is 5.72. The van der Waals surface area contributed by atoms with Gasteiger partial charge in [0.15, 0.2) is 23.2 Å². The van der Waals surface area contributed by atoms with Crippen LogP contribution in [0.15, 0.2) is 48.5 Å². The highest BCUT2D eigenvalue weighted by atomic mass is 19.2. The first-order valence-corrected chi connectivity index (χ1v) is 12.4. The van der Waals surface area contributed by atoms with Crippen molar-refractivity contribution in [1.82, 2.24) is 0 Å². The van der Waals surface area contributed by atoms with Crippen LogP contribution in [-0.2, 0) is 11.3 Å². The fourth-order valence-corrected chi connectivity index (χ4v) is 4.35. The highest BCUT2D eigenvalue weighted by Crippen LogP contribution is 2.35. The van der Waals surface area contributed by atoms with Crippen molar-refractivity contribution in [2.24, 2.45) is 0 Å². The molecular formula is C30H29F5O2. The van der Waals surface area contributed by atoms with Gasteiger partial charge in [0.2, 0.25) is 5.82 Å². The summed E-state index contributed by atoms with van der Waals surface area (Å²) in [4.78, 5) is 0. The van der Waals surface area contributed by atoms with E-state index in [0.717, 1.165) is 18.4 Å². The van der Waals surface area contributed by atoms with E-state index < -0.39 is 29.1 Å². The van der Waals surface area contributed by atoms with Crippen molar-refractivity contribution >= 4 is 5.57 Å². The number of ether oxygens (including phenoxy) is 2. The van der Waals surface area contributed by atoms with E-state index in [1.54, 1.807) is 12.1 Å². The monoisotopic (exact) mass is 516 g/mol. The Labute approximate surface area is 213 Å². The van der Waals surface area contributed by atoms with E-state index in [0.29, 0.717) is 24.8 Å². The first-order valence-electron chi connectivity index (χ1n) is 12.4. The van der Waals surface area contributed by atoms with E-state index in [1.807, 2.05) is 13.0 Å². The van der Waals surface area contributed by atoms with Gasteiger partial charge in [0.25, 0.3) is 0 Å². The molecule has 3 aromatic rings. The van der Waals surface area contributed by atoms with Crippen LogP contribution in [-0.4, -0.2) is 12.7 Å². The molecule has 0 amide bonds. The van der Waals surface area contributed by atoms with Gasteiger partial charge in [0.1, 0.15) is 5.82 Å². The lowest BCUT2D eigenvalue weighted by molar-refractivity contribution is 0.0342. The molecule has 0 aliphatic heterocycles. The maximum Gasteiger partial charge on any atom is 0.201 e. The largest absolute Gasteiger partial charge is 0.490 e. The topological polar surface area (TPSA) is 18.5 Å². The third-order valence-electron chi connectivity index (χ3n) is 6.62. The van der Waals surface area contributed by atoms with Crippen molar-refractivity contribution in [3.8, 4) is 16.9 Å². The number of aryl methyl sites for hydroxylation is 1. The molecule has 0 aromatic heterocycles. The second-order valence-electron chi connectivity index (χ2n) is 9.24. The zero-order valence-electron chi connectivity index (χ0n) is 20.9. The van der Waals surface area contributed by atoms with Crippen LogP contribution in [0.25, 0.3) is 16.7 Å². The fraction of sp³-hybridized carbons (Fsp3) is 0.333. The van der Waals surface area contributed by atoms with Crippen molar-refractivity contribution < 1.29 is 31.4 Å². The average Bonchev–Trinajstić information content (AvgIpc) is 2.90. The Morgan fingerprint density at radius 3 is 2.35 bits per heavy atom. The molecule has 196 valence electrons. The zero-order chi connectivity index (χ0) is 26.5. The minimum atomic E-state index is -1.09. The normalized spacial score (nSPS) is 15.5. The molecule has 1 unspecified atom stereocenters. The Morgan fingerprint density at radius 2 is 1.65 bits per heavy atom. The molecule has 3 aromatic carbocycles. The van der Waals surface area contributed by atoms with E-state index >= 15 is 4.39 Å². The maximum atomic E-state index is 15.0. The number of rotatable bonds is 9. The summed E-state index contributed by atoms with van der Waals surface area (Å²) in [5.41, 5.74) is 1.74. The molecular weight excluding hydrogens is 487 g/mol. The summed E-state index contributed by atoms with van der Waals surface area (Å²) >= 11 is 0. The van der Waals surface area contributed by atoms with E-state index in [-0.39, 0.29) is 47.3 Å². The smallest absolute Gasteiger partial charge is 0.201 e. The first kappa shape index (κ1) is 26.9. The third kappa shape index (κ3) is 6.04. The van der Waals surface area contributed by atoms with E-state index in [2.05, 4.69) is 0 Å². The summed E-state index contributed by atoms with van der Waals surface area (Å²) in [6.45, 7) is 3.70. The molecule has 1 aliphatic carbocycles. The second kappa shape index (κ2) is 11.9. The molecule has 0 fully saturated rings. The first-order chi connectivity index (χ1) is 17.8. The van der Waals surface area contributed by atoms with E-state index in [4.69, 9.17) is 9.47 Å². The predicted octanol–water partition coefficient (Wildman–Crippen LogP) is 8.69. The van der Waals surface area contributed by atoms with Crippen LogP contribution in [0.2, 0.25) is 0 Å². The summed E-state index contributed by atoms with van der Waals surface area (Å²) in [5.74, 6) is -4.64. The molecule has 1 atom stereocenters. The Morgan fingerprint density at radius 1 is 0.865 bits per heavy atom. The van der Waals surface area contributed by atoms with Gasteiger partial charge in [-0.05, 0) is 67.5 Å². The lowest BCUT2D eigenvalue weighted by atomic mass is 9.90. The van der Waals surface area contributed by atoms with Crippen LogP contribution in [0.4, 0.5) is 22.0 Å². The third-order valence-corrected chi connectivity index (χ3v) is 6.62. The number of hydrogen-bond donors (Lipinski definition) is 0. The lowest BCUT2D eigenvalue weighted by Crippen LogP contribution is -2.16. The number of hydrogen-bond acceptors (Lipinski definition) is 2. The molecule has 0 saturated heterocycles. The van der Waals surface area contributed by atoms with Gasteiger partial charge in [-0.2, -0.15) is 4.39 Å². The Bertz CT molecular complexity index is 1300. The van der Waals surface area contributed by atoms with Crippen molar-refractivity contribution in [2.45, 2.75) is 58.7 Å². The Hall–Kier alpha value is -3.19. The van der Waals surface area contributed by atoms with Crippen LogP contribution >= 0.6 is 0 Å². The van der Waals surface area contributed by atoms with Crippen molar-refractivity contribution in [3.05, 3.63) is 94.3 Å². The van der Waals surface area contributed by atoms with Crippen molar-refractivity contribution in [2.75, 3.05) is 6.61 Å². The van der Waals surface area contributed by atoms with Crippen LogP contribution in [0.5, 0.6) is 5.75 Å². The highest BCUT2D eigenvalue weighted by Gasteiger charge is 2.21. The minimum Gasteiger partial charge on any atom is -0.490 e. The molecule has 0 spiro atoms. The van der Waals surface area contributed by atoms with E-state index in [9.17, 15) is 17.6 Å². The molecule has 7 heteroatoms. The van der Waals surface area contributed by atoms with Gasteiger partial charge in [-0.3, -0.25) is 0 Å². The number of benzene rings is 3. The van der Waals surface area contributed by atoms with Gasteiger partial charge < -0.3 is 9.47 Å². The van der Waals surface area contributed by atoms with Gasteiger partial charge >= 0.3 is 0 Å². The van der Waals surface area contributed by atoms with Gasteiger partial charge in [-0.15, -0.1) is 0 Å². The quantitative estimate of drug-likeness (QED) is 0.209. The van der Waals surface area contributed by atoms with Crippen molar-refractivity contribution in [3.63, 3.8) is 0 Å². The van der Waals surface area contributed by atoms with Crippen LogP contribution in [0.3, 0.4) is 0 Å². The van der Waals surface area contributed by atoms with Crippen LogP contribution < -0.4 is 4.74 Å².